The summed E-state index contributed by atoms with van der Waals surface area (Å²) in [6.07, 6.45) is 2.76. The first kappa shape index (κ1) is 15.7. The molecule has 6 heteroatoms. The fraction of sp³-hybridized carbons (Fsp3) is 0.188. The van der Waals surface area contributed by atoms with Gasteiger partial charge in [-0.3, -0.25) is 9.78 Å². The fourth-order valence-corrected chi connectivity index (χ4v) is 1.97. The van der Waals surface area contributed by atoms with Crippen molar-refractivity contribution >= 4 is 12.1 Å². The molecule has 0 saturated carbocycles. The maximum absolute atomic E-state index is 12.0. The molecule has 0 aliphatic rings. The number of nitrogens with zero attached hydrogens (tertiary/aromatic N) is 2. The number of amides is 1. The first-order chi connectivity index (χ1) is 10.5. The highest BCUT2D eigenvalue weighted by Crippen LogP contribution is 2.21. The second kappa shape index (κ2) is 6.82. The molecule has 1 heterocycles. The molecule has 2 rings (SSSR count). The molecule has 0 saturated heterocycles. The van der Waals surface area contributed by atoms with Gasteiger partial charge in [-0.15, -0.1) is 0 Å². The lowest BCUT2D eigenvalue weighted by Gasteiger charge is -2.07. The van der Waals surface area contributed by atoms with Gasteiger partial charge in [-0.25, -0.2) is 5.43 Å². The van der Waals surface area contributed by atoms with Crippen molar-refractivity contribution in [3.8, 4) is 5.75 Å². The van der Waals surface area contributed by atoms with Gasteiger partial charge in [0.1, 0.15) is 5.75 Å². The van der Waals surface area contributed by atoms with Gasteiger partial charge in [-0.1, -0.05) is 18.2 Å². The first-order valence-corrected chi connectivity index (χ1v) is 6.72. The van der Waals surface area contributed by atoms with E-state index in [0.29, 0.717) is 22.4 Å². The lowest BCUT2D eigenvalue weighted by atomic mass is 10.1. The van der Waals surface area contributed by atoms with E-state index in [-0.39, 0.29) is 18.3 Å². The van der Waals surface area contributed by atoms with Crippen molar-refractivity contribution in [3.05, 3.63) is 58.4 Å². The Morgan fingerprint density at radius 3 is 2.77 bits per heavy atom. The molecular weight excluding hydrogens is 282 g/mol. The number of aromatic nitrogens is 1. The summed E-state index contributed by atoms with van der Waals surface area (Å²) in [5, 5.41) is 23.1. The molecule has 3 N–H and O–H groups in total. The maximum atomic E-state index is 12.0. The van der Waals surface area contributed by atoms with Gasteiger partial charge < -0.3 is 10.2 Å². The minimum Gasteiger partial charge on any atom is -0.505 e. The van der Waals surface area contributed by atoms with Crippen LogP contribution in [0, 0.1) is 13.8 Å². The Morgan fingerprint density at radius 1 is 1.36 bits per heavy atom. The van der Waals surface area contributed by atoms with E-state index in [1.54, 1.807) is 19.1 Å². The number of aromatic hydroxyl groups is 1. The largest absolute Gasteiger partial charge is 0.505 e. The van der Waals surface area contributed by atoms with E-state index in [1.165, 1.54) is 12.4 Å². The molecular formula is C16H17N3O3. The summed E-state index contributed by atoms with van der Waals surface area (Å²) in [4.78, 5) is 16.0. The zero-order valence-electron chi connectivity index (χ0n) is 12.4. The van der Waals surface area contributed by atoms with Gasteiger partial charge in [0.25, 0.3) is 5.91 Å². The number of hydrogen-bond acceptors (Lipinski definition) is 5. The highest BCUT2D eigenvalue weighted by molar-refractivity contribution is 5.96. The summed E-state index contributed by atoms with van der Waals surface area (Å²) in [6, 6.07) is 7.15. The summed E-state index contributed by atoms with van der Waals surface area (Å²) in [6.45, 7) is 3.19. The Morgan fingerprint density at radius 2 is 2.09 bits per heavy atom. The molecule has 1 aromatic carbocycles. The number of aliphatic hydroxyl groups is 1. The van der Waals surface area contributed by atoms with E-state index in [4.69, 9.17) is 0 Å². The van der Waals surface area contributed by atoms with E-state index >= 15 is 0 Å². The predicted molar refractivity (Wildman–Crippen MR) is 82.8 cm³/mol. The second-order valence-electron chi connectivity index (χ2n) is 4.80. The Kier molecular flexibility index (Phi) is 4.85. The third-order valence-corrected chi connectivity index (χ3v) is 3.28. The number of hydrogen-bond donors (Lipinski definition) is 3. The van der Waals surface area contributed by atoms with Gasteiger partial charge in [0.15, 0.2) is 0 Å². The van der Waals surface area contributed by atoms with Gasteiger partial charge in [0.05, 0.1) is 18.5 Å². The van der Waals surface area contributed by atoms with E-state index in [9.17, 15) is 15.0 Å². The van der Waals surface area contributed by atoms with Crippen LogP contribution in [0.2, 0.25) is 0 Å². The summed E-state index contributed by atoms with van der Waals surface area (Å²) >= 11 is 0. The Bertz CT molecular complexity index is 727. The topological polar surface area (TPSA) is 94.8 Å². The van der Waals surface area contributed by atoms with Gasteiger partial charge >= 0.3 is 0 Å². The van der Waals surface area contributed by atoms with Gasteiger partial charge in [-0.05, 0) is 25.5 Å². The van der Waals surface area contributed by atoms with Crippen molar-refractivity contribution in [3.63, 3.8) is 0 Å². The Labute approximate surface area is 128 Å². The summed E-state index contributed by atoms with van der Waals surface area (Å²) in [7, 11) is 0. The third-order valence-electron chi connectivity index (χ3n) is 3.28. The smallest absolute Gasteiger partial charge is 0.271 e. The van der Waals surface area contributed by atoms with Crippen LogP contribution in [0.15, 0.2) is 35.6 Å². The van der Waals surface area contributed by atoms with Crippen LogP contribution in [-0.2, 0) is 6.61 Å². The van der Waals surface area contributed by atoms with Crippen molar-refractivity contribution in [1.82, 2.24) is 10.4 Å². The molecule has 114 valence electrons. The highest BCUT2D eigenvalue weighted by Gasteiger charge is 2.10. The van der Waals surface area contributed by atoms with Crippen LogP contribution < -0.4 is 5.43 Å². The Hall–Kier alpha value is -2.73. The number of carbonyl (C=O) groups excluding carboxylic acids is 1. The van der Waals surface area contributed by atoms with E-state index < -0.39 is 0 Å². The van der Waals surface area contributed by atoms with Crippen LogP contribution in [-0.4, -0.2) is 27.3 Å². The number of benzene rings is 1. The normalized spacial score (nSPS) is 10.9. The maximum Gasteiger partial charge on any atom is 0.271 e. The molecule has 6 nitrogen and oxygen atoms in total. The molecule has 2 aromatic rings. The van der Waals surface area contributed by atoms with E-state index in [0.717, 1.165) is 5.56 Å². The minimum absolute atomic E-state index is 0.0690. The monoisotopic (exact) mass is 299 g/mol. The van der Waals surface area contributed by atoms with Crippen molar-refractivity contribution in [2.24, 2.45) is 5.10 Å². The van der Waals surface area contributed by atoms with Crippen LogP contribution in [0.5, 0.6) is 5.75 Å². The fourth-order valence-electron chi connectivity index (χ4n) is 1.97. The molecule has 1 amide bonds. The van der Waals surface area contributed by atoms with E-state index in [2.05, 4.69) is 15.5 Å². The molecule has 0 bridgehead atoms. The number of aryl methyl sites for hydroxylation is 2. The number of carbonyl (C=O) groups is 1. The van der Waals surface area contributed by atoms with Crippen molar-refractivity contribution < 1.29 is 15.0 Å². The molecule has 0 spiro atoms. The highest BCUT2D eigenvalue weighted by atomic mass is 16.3. The molecule has 1 aromatic heterocycles. The Balaban J connectivity index is 2.19. The van der Waals surface area contributed by atoms with Crippen LogP contribution in [0.1, 0.15) is 32.7 Å². The van der Waals surface area contributed by atoms with Crippen LogP contribution in [0.4, 0.5) is 0 Å². The number of pyridine rings is 1. The lowest BCUT2D eigenvalue weighted by Crippen LogP contribution is -2.18. The average molecular weight is 299 g/mol. The second-order valence-corrected chi connectivity index (χ2v) is 4.80. The number of hydrazone groups is 1. The number of nitrogens with one attached hydrogen (secondary N) is 1. The zero-order chi connectivity index (χ0) is 16.1. The number of aliphatic hydroxyl groups excluding tert-OH is 1. The summed E-state index contributed by atoms with van der Waals surface area (Å²) < 4.78 is 0. The lowest BCUT2D eigenvalue weighted by molar-refractivity contribution is 0.0954. The predicted octanol–water partition coefficient (Wildman–Crippen LogP) is 1.66. The standard InChI is InChI=1S/C16H17N3O3/c1-10-5-3-4-6-13(10)16(22)19-18-8-14-12(9-20)7-17-11(2)15(14)21/h3-8,20-21H,9H2,1-2H3,(H,19,22)/b18-8-. The van der Waals surface area contributed by atoms with Gasteiger partial charge in [0.2, 0.25) is 0 Å². The van der Waals surface area contributed by atoms with E-state index in [1.807, 2.05) is 19.1 Å². The molecule has 0 aliphatic heterocycles. The van der Waals surface area contributed by atoms with Crippen molar-refractivity contribution in [1.29, 1.82) is 0 Å². The molecule has 0 fully saturated rings. The van der Waals surface area contributed by atoms with Crippen molar-refractivity contribution in [2.75, 3.05) is 0 Å². The quantitative estimate of drug-likeness (QED) is 0.591. The molecule has 0 atom stereocenters. The summed E-state index contributed by atoms with van der Waals surface area (Å²) in [5.41, 5.74) is 4.95. The molecule has 0 unspecified atom stereocenters. The number of rotatable bonds is 4. The summed E-state index contributed by atoms with van der Waals surface area (Å²) in [5.74, 6) is -0.411. The minimum atomic E-state index is -0.342. The van der Waals surface area contributed by atoms with Crippen LogP contribution in [0.3, 0.4) is 0 Å². The SMILES string of the molecule is Cc1ccccc1C(=O)N/N=C\c1c(CO)cnc(C)c1O. The van der Waals surface area contributed by atoms with Gasteiger partial charge in [-0.2, -0.15) is 5.10 Å². The van der Waals surface area contributed by atoms with Gasteiger partial charge in [0, 0.05) is 22.9 Å². The van der Waals surface area contributed by atoms with Crippen molar-refractivity contribution in [2.45, 2.75) is 20.5 Å². The molecule has 22 heavy (non-hydrogen) atoms. The average Bonchev–Trinajstić information content (AvgIpc) is 2.52. The van der Waals surface area contributed by atoms with Crippen LogP contribution in [0.25, 0.3) is 0 Å². The van der Waals surface area contributed by atoms with Crippen LogP contribution >= 0.6 is 0 Å². The molecule has 0 aliphatic carbocycles. The third kappa shape index (κ3) is 3.29. The molecule has 0 radical (unpaired) electrons. The first-order valence-electron chi connectivity index (χ1n) is 6.72. The zero-order valence-corrected chi connectivity index (χ0v) is 12.4.